The van der Waals surface area contributed by atoms with E-state index < -0.39 is 21.9 Å². The number of fused-ring (bicyclic) bond motifs is 1. The average Bonchev–Trinajstić information content (AvgIpc) is 3.62. The van der Waals surface area contributed by atoms with E-state index in [-0.39, 0.29) is 29.1 Å². The molecule has 2 saturated heterocycles. The Labute approximate surface area is 274 Å². The molecule has 2 atom stereocenters. The van der Waals surface area contributed by atoms with Gasteiger partial charge in [0.05, 0.1) is 23.0 Å². The van der Waals surface area contributed by atoms with Gasteiger partial charge in [-0.3, -0.25) is 9.52 Å². The van der Waals surface area contributed by atoms with Gasteiger partial charge >= 0.3 is 16.3 Å². The number of carbonyl (C=O) groups excluding carboxylic acids is 2. The summed E-state index contributed by atoms with van der Waals surface area (Å²) in [6.45, 7) is 9.33. The number of benzene rings is 1. The van der Waals surface area contributed by atoms with E-state index in [9.17, 15) is 18.0 Å². The van der Waals surface area contributed by atoms with Crippen LogP contribution in [-0.4, -0.2) is 89.8 Å². The third kappa shape index (κ3) is 7.61. The van der Waals surface area contributed by atoms with E-state index in [0.29, 0.717) is 35.9 Å². The molecule has 0 saturated carbocycles. The van der Waals surface area contributed by atoms with Gasteiger partial charge in [0.1, 0.15) is 11.4 Å². The lowest BCUT2D eigenvalue weighted by Gasteiger charge is -2.35. The van der Waals surface area contributed by atoms with E-state index in [2.05, 4.69) is 14.6 Å². The van der Waals surface area contributed by atoms with E-state index in [1.165, 1.54) is 26.2 Å². The molecule has 3 aromatic rings. The van der Waals surface area contributed by atoms with Gasteiger partial charge in [0.15, 0.2) is 5.65 Å². The number of nitrogens with zero attached hydrogens (tertiary/aromatic N) is 7. The van der Waals surface area contributed by atoms with Crippen molar-refractivity contribution in [3.05, 3.63) is 52.3 Å². The van der Waals surface area contributed by atoms with Crippen molar-refractivity contribution in [2.75, 3.05) is 43.4 Å². The van der Waals surface area contributed by atoms with Crippen molar-refractivity contribution in [1.82, 2.24) is 23.8 Å². The molecule has 2 amide bonds. The smallest absolute Gasteiger partial charge is 0.433 e. The number of nitrogens with one attached hydrogen (secondary N) is 1. The lowest BCUT2D eigenvalue weighted by Crippen LogP contribution is -2.39. The molecule has 2 fully saturated rings. The molecule has 4 heterocycles. The fourth-order valence-electron chi connectivity index (χ4n) is 5.71. The van der Waals surface area contributed by atoms with Gasteiger partial charge in [0.2, 0.25) is 0 Å². The van der Waals surface area contributed by atoms with Gasteiger partial charge in [-0.1, -0.05) is 11.6 Å². The van der Waals surface area contributed by atoms with Crippen LogP contribution in [-0.2, 0) is 14.9 Å². The molecule has 13 nitrogen and oxygen atoms in total. The third-order valence-corrected chi connectivity index (χ3v) is 9.64. The topological polar surface area (TPSA) is 142 Å². The van der Waals surface area contributed by atoms with Gasteiger partial charge in [-0.15, -0.1) is 0 Å². The Hall–Kier alpha value is -3.75. The number of rotatable bonds is 7. The minimum Gasteiger partial charge on any atom is -0.442 e. The Kier molecular flexibility index (Phi) is 9.62. The standard InChI is InChI=1S/C31H41ClN8O5S/c1-20-18-40-27(34-28(20)38-14-12-21(19-38)17-33-30(42)45-31(2,3)4)16-25(35-40)26-9-7-8-13-39(26)29(41)23-15-22(32)10-11-24(23)36-46(43,44)37(5)6/h10-11,15-18,21,26,36H,7-9,12-14,19H2,1-6H3/b33-17-/t21?,26-/m0/s1. The van der Waals surface area contributed by atoms with Gasteiger partial charge in [0, 0.05) is 68.7 Å². The summed E-state index contributed by atoms with van der Waals surface area (Å²) in [6, 6.07) is 6.12. The zero-order valence-corrected chi connectivity index (χ0v) is 28.6. The fourth-order valence-corrected chi connectivity index (χ4v) is 6.52. The van der Waals surface area contributed by atoms with Gasteiger partial charge in [-0.05, 0) is 71.6 Å². The second-order valence-electron chi connectivity index (χ2n) is 13.0. The van der Waals surface area contributed by atoms with Gasteiger partial charge in [-0.2, -0.15) is 22.8 Å². The molecular formula is C31H41ClN8O5S. The summed E-state index contributed by atoms with van der Waals surface area (Å²) in [5, 5.41) is 5.16. The van der Waals surface area contributed by atoms with E-state index in [1.54, 1.807) is 21.7 Å². The van der Waals surface area contributed by atoms with Crippen LogP contribution in [0.4, 0.5) is 16.3 Å². The van der Waals surface area contributed by atoms with Crippen LogP contribution in [0.3, 0.4) is 0 Å². The molecule has 1 aromatic carbocycles. The van der Waals surface area contributed by atoms with Crippen LogP contribution in [0.25, 0.3) is 5.65 Å². The van der Waals surface area contributed by atoms with Crippen molar-refractivity contribution in [2.24, 2.45) is 10.9 Å². The molecule has 0 spiro atoms. The predicted molar refractivity (Wildman–Crippen MR) is 178 cm³/mol. The highest BCUT2D eigenvalue weighted by Gasteiger charge is 2.33. The van der Waals surface area contributed by atoms with Crippen LogP contribution in [0.15, 0.2) is 35.5 Å². The first-order valence-corrected chi connectivity index (χ1v) is 17.1. The molecule has 2 aliphatic rings. The van der Waals surface area contributed by atoms with E-state index in [1.807, 2.05) is 40.0 Å². The van der Waals surface area contributed by atoms with Crippen LogP contribution in [0.2, 0.25) is 5.02 Å². The number of hydrogen-bond donors (Lipinski definition) is 1. The normalized spacial score (nSPS) is 19.4. The summed E-state index contributed by atoms with van der Waals surface area (Å²) in [6.07, 6.45) is 6.27. The first-order valence-electron chi connectivity index (χ1n) is 15.3. The highest BCUT2D eigenvalue weighted by atomic mass is 35.5. The van der Waals surface area contributed by atoms with E-state index >= 15 is 0 Å². The highest BCUT2D eigenvalue weighted by Crippen LogP contribution is 2.35. The Bertz CT molecular complexity index is 1770. The Morgan fingerprint density at radius 3 is 2.63 bits per heavy atom. The molecule has 2 aliphatic heterocycles. The predicted octanol–water partition coefficient (Wildman–Crippen LogP) is 5.11. The third-order valence-electron chi connectivity index (χ3n) is 7.97. The molecule has 5 rings (SSSR count). The van der Waals surface area contributed by atoms with Crippen molar-refractivity contribution >= 4 is 57.2 Å². The molecule has 0 radical (unpaired) electrons. The Balaban J connectivity index is 1.37. The number of aromatic nitrogens is 3. The van der Waals surface area contributed by atoms with Crippen molar-refractivity contribution < 1.29 is 22.7 Å². The Morgan fingerprint density at radius 2 is 1.91 bits per heavy atom. The van der Waals surface area contributed by atoms with E-state index in [0.717, 1.165) is 41.5 Å². The molecule has 15 heteroatoms. The maximum atomic E-state index is 14.0. The van der Waals surface area contributed by atoms with Crippen molar-refractivity contribution in [3.8, 4) is 0 Å². The molecule has 2 aromatic heterocycles. The first-order chi connectivity index (χ1) is 21.6. The minimum absolute atomic E-state index is 0.0887. The molecular weight excluding hydrogens is 632 g/mol. The molecule has 1 unspecified atom stereocenters. The number of aryl methyl sites for hydroxylation is 1. The maximum Gasteiger partial charge on any atom is 0.433 e. The SMILES string of the molecule is Cc1cn2nc([C@@H]3CCCCN3C(=O)c3cc(Cl)ccc3NS(=O)(=O)N(C)C)cc2nc1N1CCC(/C=N\C(=O)OC(C)(C)C)C1. The maximum absolute atomic E-state index is 14.0. The van der Waals surface area contributed by atoms with Crippen molar-refractivity contribution in [2.45, 2.75) is 65.0 Å². The zero-order chi connectivity index (χ0) is 33.4. The number of amides is 2. The van der Waals surface area contributed by atoms with Crippen molar-refractivity contribution in [3.63, 3.8) is 0 Å². The molecule has 0 bridgehead atoms. The van der Waals surface area contributed by atoms with Crippen LogP contribution >= 0.6 is 11.6 Å². The number of ether oxygens (including phenoxy) is 1. The first kappa shape index (κ1) is 33.6. The summed E-state index contributed by atoms with van der Waals surface area (Å²) in [4.78, 5) is 38.9. The van der Waals surface area contributed by atoms with Gasteiger partial charge in [0.25, 0.3) is 5.91 Å². The zero-order valence-electron chi connectivity index (χ0n) is 27.0. The van der Waals surface area contributed by atoms with Crippen molar-refractivity contribution in [1.29, 1.82) is 0 Å². The number of carbonyl (C=O) groups is 2. The second-order valence-corrected chi connectivity index (χ2v) is 15.3. The highest BCUT2D eigenvalue weighted by molar-refractivity contribution is 7.90. The van der Waals surface area contributed by atoms with Crippen LogP contribution < -0.4 is 9.62 Å². The number of hydrogen-bond acceptors (Lipinski definition) is 8. The number of anilines is 2. The average molecular weight is 673 g/mol. The van der Waals surface area contributed by atoms with E-state index in [4.69, 9.17) is 26.4 Å². The fraction of sp³-hybridized carbons (Fsp3) is 0.516. The summed E-state index contributed by atoms with van der Waals surface area (Å²) in [7, 11) is -1.03. The molecule has 46 heavy (non-hydrogen) atoms. The summed E-state index contributed by atoms with van der Waals surface area (Å²) < 4.78 is 35.8. The van der Waals surface area contributed by atoms with Crippen LogP contribution in [0.5, 0.6) is 0 Å². The Morgan fingerprint density at radius 1 is 1.15 bits per heavy atom. The number of aliphatic imine (C=N–C) groups is 1. The summed E-state index contributed by atoms with van der Waals surface area (Å²) in [5.41, 5.74) is 2.04. The van der Waals surface area contributed by atoms with Crippen LogP contribution in [0.1, 0.15) is 74.1 Å². The number of likely N-dealkylation sites (tertiary alicyclic amines) is 1. The molecule has 1 N–H and O–H groups in total. The monoisotopic (exact) mass is 672 g/mol. The molecule has 0 aliphatic carbocycles. The lowest BCUT2D eigenvalue weighted by atomic mass is 9.98. The summed E-state index contributed by atoms with van der Waals surface area (Å²) in [5.74, 6) is 0.591. The largest absolute Gasteiger partial charge is 0.442 e. The minimum atomic E-state index is -3.85. The van der Waals surface area contributed by atoms with Gasteiger partial charge < -0.3 is 14.5 Å². The quantitative estimate of drug-likeness (QED) is 0.342. The second kappa shape index (κ2) is 13.2. The molecule has 248 valence electrons. The summed E-state index contributed by atoms with van der Waals surface area (Å²) >= 11 is 6.27. The van der Waals surface area contributed by atoms with Gasteiger partial charge in [-0.25, -0.2) is 14.3 Å². The van der Waals surface area contributed by atoms with Crippen LogP contribution in [0, 0.1) is 12.8 Å². The number of halogens is 1. The lowest BCUT2D eigenvalue weighted by molar-refractivity contribution is 0.0596. The number of piperidine rings is 1.